The fraction of sp³-hybridized carbons (Fsp3) is 0.485. The highest BCUT2D eigenvalue weighted by Crippen LogP contribution is 2.40. The standard InChI is InChI=1S/C33H43N5O4S/c1-9-11-16-37(17-12-10-2)32-35-28(27-21(3)14-13-15-23(27)20-39)26(43-32)18-24-22(4)25(19-34)30(41)38(29(24)40)36(8)31(42)33(5,6)7/h13-15,18,39H,9-12,16-17,20H2,1-8H3/b24-18-. The molecule has 3 rings (SSSR count). The van der Waals surface area contributed by atoms with Crippen LogP contribution in [0.1, 0.15) is 83.2 Å². The zero-order valence-corrected chi connectivity index (χ0v) is 27.4. The van der Waals surface area contributed by atoms with Crippen LogP contribution in [0.15, 0.2) is 34.9 Å². The van der Waals surface area contributed by atoms with Crippen LogP contribution >= 0.6 is 11.3 Å². The van der Waals surface area contributed by atoms with Crippen molar-refractivity contribution in [3.05, 3.63) is 50.9 Å². The molecule has 0 fully saturated rings. The van der Waals surface area contributed by atoms with Gasteiger partial charge in [0.2, 0.25) is 5.91 Å². The number of aliphatic hydroxyl groups excluding tert-OH is 1. The van der Waals surface area contributed by atoms with Crippen molar-refractivity contribution in [1.29, 1.82) is 5.26 Å². The number of aromatic nitrogens is 1. The first-order valence-electron chi connectivity index (χ1n) is 14.8. The summed E-state index contributed by atoms with van der Waals surface area (Å²) in [6.45, 7) is 14.4. The number of hydrogen-bond acceptors (Lipinski definition) is 8. The number of anilines is 1. The summed E-state index contributed by atoms with van der Waals surface area (Å²) in [5.74, 6) is -1.97. The second-order valence-electron chi connectivity index (χ2n) is 11.8. The summed E-state index contributed by atoms with van der Waals surface area (Å²) >= 11 is 1.43. The number of thiazole rings is 1. The molecular weight excluding hydrogens is 562 g/mol. The highest BCUT2D eigenvalue weighted by molar-refractivity contribution is 7.17. The molecule has 0 aliphatic carbocycles. The minimum Gasteiger partial charge on any atom is -0.392 e. The molecule has 230 valence electrons. The van der Waals surface area contributed by atoms with Crippen LogP contribution in [0, 0.1) is 23.7 Å². The van der Waals surface area contributed by atoms with E-state index >= 15 is 0 Å². The lowest BCUT2D eigenvalue weighted by Gasteiger charge is -2.36. The van der Waals surface area contributed by atoms with Crippen molar-refractivity contribution in [3.63, 3.8) is 0 Å². The summed E-state index contributed by atoms with van der Waals surface area (Å²) in [5, 5.41) is 22.7. The number of imide groups is 1. The van der Waals surface area contributed by atoms with Gasteiger partial charge >= 0.3 is 0 Å². The van der Waals surface area contributed by atoms with E-state index in [4.69, 9.17) is 4.98 Å². The Labute approximate surface area is 259 Å². The number of benzene rings is 1. The van der Waals surface area contributed by atoms with Crippen molar-refractivity contribution in [2.24, 2.45) is 5.41 Å². The van der Waals surface area contributed by atoms with Gasteiger partial charge in [-0.1, -0.05) is 77.0 Å². The lowest BCUT2D eigenvalue weighted by Crippen LogP contribution is -2.56. The maximum Gasteiger partial charge on any atom is 0.290 e. The molecule has 1 aliphatic heterocycles. The van der Waals surface area contributed by atoms with Gasteiger partial charge in [-0.2, -0.15) is 10.3 Å². The van der Waals surface area contributed by atoms with Crippen LogP contribution in [0.4, 0.5) is 5.13 Å². The molecule has 1 aliphatic rings. The van der Waals surface area contributed by atoms with E-state index in [2.05, 4.69) is 18.7 Å². The highest BCUT2D eigenvalue weighted by Gasteiger charge is 2.42. The molecule has 3 amide bonds. The minimum absolute atomic E-state index is 0.133. The average Bonchev–Trinajstić information content (AvgIpc) is 3.37. The summed E-state index contributed by atoms with van der Waals surface area (Å²) in [4.78, 5) is 48.4. The predicted octanol–water partition coefficient (Wildman–Crippen LogP) is 6.03. The van der Waals surface area contributed by atoms with Gasteiger partial charge in [-0.15, -0.1) is 0 Å². The van der Waals surface area contributed by atoms with E-state index in [-0.39, 0.29) is 23.3 Å². The molecule has 2 aromatic rings. The van der Waals surface area contributed by atoms with Crippen molar-refractivity contribution in [2.75, 3.05) is 25.0 Å². The van der Waals surface area contributed by atoms with Gasteiger partial charge in [-0.05, 0) is 49.5 Å². The molecule has 1 N–H and O–H groups in total. The largest absolute Gasteiger partial charge is 0.392 e. The molecule has 1 aromatic heterocycles. The number of hydrazine groups is 1. The van der Waals surface area contributed by atoms with Gasteiger partial charge < -0.3 is 10.0 Å². The van der Waals surface area contributed by atoms with Crippen LogP contribution in [0.25, 0.3) is 17.3 Å². The van der Waals surface area contributed by atoms with Gasteiger partial charge in [-0.3, -0.25) is 14.4 Å². The van der Waals surface area contributed by atoms with Crippen LogP contribution < -0.4 is 4.90 Å². The summed E-state index contributed by atoms with van der Waals surface area (Å²) in [6, 6.07) is 7.63. The van der Waals surface area contributed by atoms with Gasteiger partial charge in [-0.25, -0.2) is 9.99 Å². The molecule has 0 unspecified atom stereocenters. The Morgan fingerprint density at radius 2 is 1.74 bits per heavy atom. The van der Waals surface area contributed by atoms with Crippen LogP contribution in [0.2, 0.25) is 0 Å². The summed E-state index contributed by atoms with van der Waals surface area (Å²) in [6.07, 6.45) is 5.73. The maximum atomic E-state index is 14.0. The van der Waals surface area contributed by atoms with Gasteiger partial charge in [0, 0.05) is 36.7 Å². The molecule has 43 heavy (non-hydrogen) atoms. The number of hydrogen-bond donors (Lipinski definition) is 1. The van der Waals surface area contributed by atoms with Gasteiger partial charge in [0.15, 0.2) is 5.13 Å². The van der Waals surface area contributed by atoms with Crippen LogP contribution in [-0.4, -0.2) is 58.0 Å². The third kappa shape index (κ3) is 7.06. The first-order valence-corrected chi connectivity index (χ1v) is 15.6. The number of aryl methyl sites for hydroxylation is 1. The summed E-state index contributed by atoms with van der Waals surface area (Å²) in [5.41, 5.74) is 2.33. The van der Waals surface area contributed by atoms with Crippen LogP contribution in [-0.2, 0) is 21.0 Å². The van der Waals surface area contributed by atoms with Crippen molar-refractivity contribution >= 4 is 40.3 Å². The van der Waals surface area contributed by atoms with Crippen LogP contribution in [0.5, 0.6) is 0 Å². The van der Waals surface area contributed by atoms with Crippen LogP contribution in [0.3, 0.4) is 0 Å². The monoisotopic (exact) mass is 605 g/mol. The number of nitriles is 1. The zero-order chi connectivity index (χ0) is 32.1. The molecule has 0 radical (unpaired) electrons. The smallest absolute Gasteiger partial charge is 0.290 e. The highest BCUT2D eigenvalue weighted by atomic mass is 32.1. The molecule has 0 spiro atoms. The first-order chi connectivity index (χ1) is 20.3. The van der Waals surface area contributed by atoms with E-state index < -0.39 is 23.1 Å². The normalized spacial score (nSPS) is 14.9. The number of carbonyl (C=O) groups is 3. The number of nitrogens with zero attached hydrogens (tertiary/aromatic N) is 5. The van der Waals surface area contributed by atoms with E-state index in [0.717, 1.165) is 65.0 Å². The Kier molecular flexibility index (Phi) is 11.1. The second kappa shape index (κ2) is 14.1. The maximum absolute atomic E-state index is 14.0. The Morgan fingerprint density at radius 3 is 2.28 bits per heavy atom. The summed E-state index contributed by atoms with van der Waals surface area (Å²) < 4.78 is 0. The molecule has 0 bridgehead atoms. The van der Waals surface area contributed by atoms with E-state index in [1.807, 2.05) is 31.2 Å². The number of unbranched alkanes of at least 4 members (excludes halogenated alkanes) is 2. The van der Waals surface area contributed by atoms with Crippen molar-refractivity contribution < 1.29 is 19.5 Å². The zero-order valence-electron chi connectivity index (χ0n) is 26.6. The van der Waals surface area contributed by atoms with E-state index in [1.54, 1.807) is 33.8 Å². The Hall–Kier alpha value is -3.81. The molecule has 2 heterocycles. The molecule has 9 nitrogen and oxygen atoms in total. The Balaban J connectivity index is 2.31. The molecule has 10 heteroatoms. The molecular formula is C33H43N5O4S. The van der Waals surface area contributed by atoms with Gasteiger partial charge in [0.1, 0.15) is 11.6 Å². The Morgan fingerprint density at radius 1 is 1.12 bits per heavy atom. The van der Waals surface area contributed by atoms with E-state index in [9.17, 15) is 24.8 Å². The number of aliphatic hydroxyl groups is 1. The van der Waals surface area contributed by atoms with E-state index in [0.29, 0.717) is 16.1 Å². The average molecular weight is 606 g/mol. The second-order valence-corrected chi connectivity index (χ2v) is 12.9. The first kappa shape index (κ1) is 33.7. The third-order valence-corrected chi connectivity index (χ3v) is 8.54. The van der Waals surface area contributed by atoms with Crippen molar-refractivity contribution in [1.82, 2.24) is 15.0 Å². The molecule has 0 saturated carbocycles. The summed E-state index contributed by atoms with van der Waals surface area (Å²) in [7, 11) is 1.37. The SMILES string of the molecule is CCCCN(CCCC)c1nc(-c2c(C)cccc2CO)c(/C=C2\C(=O)N(N(C)C(=O)C(C)(C)C)C(=O)C(C#N)=C2C)s1. The molecule has 0 saturated heterocycles. The van der Waals surface area contributed by atoms with E-state index in [1.165, 1.54) is 18.4 Å². The number of rotatable bonds is 11. The third-order valence-electron chi connectivity index (χ3n) is 7.47. The van der Waals surface area contributed by atoms with Gasteiger partial charge in [0.25, 0.3) is 11.8 Å². The number of amides is 3. The van der Waals surface area contributed by atoms with Gasteiger partial charge in [0.05, 0.1) is 17.2 Å². The lowest BCUT2D eigenvalue weighted by atomic mass is 9.93. The molecule has 1 aromatic carbocycles. The predicted molar refractivity (Wildman–Crippen MR) is 171 cm³/mol. The molecule has 0 atom stereocenters. The fourth-order valence-electron chi connectivity index (χ4n) is 4.98. The fourth-order valence-corrected chi connectivity index (χ4v) is 6.05. The van der Waals surface area contributed by atoms with Crippen molar-refractivity contribution in [2.45, 2.75) is 80.8 Å². The Bertz CT molecular complexity index is 1480. The lowest BCUT2D eigenvalue weighted by molar-refractivity contribution is -0.171. The topological polar surface area (TPSA) is 118 Å². The number of carbonyl (C=O) groups excluding carboxylic acids is 3. The van der Waals surface area contributed by atoms with Crippen molar-refractivity contribution in [3.8, 4) is 17.3 Å². The quantitative estimate of drug-likeness (QED) is 0.245. The minimum atomic E-state index is -0.867.